The standard InChI is InChI=1S/C13H24O/c1-10(9-14)11-5-7-12(8-6-11)13(2,3)4/h12,14H,5-9H2,1-4H3. The lowest BCUT2D eigenvalue weighted by Crippen LogP contribution is -2.23. The van der Waals surface area contributed by atoms with Crippen molar-refractivity contribution in [1.29, 1.82) is 0 Å². The summed E-state index contributed by atoms with van der Waals surface area (Å²) in [5.41, 5.74) is 3.17. The summed E-state index contributed by atoms with van der Waals surface area (Å²) in [4.78, 5) is 0. The number of hydrogen-bond acceptors (Lipinski definition) is 1. The highest BCUT2D eigenvalue weighted by atomic mass is 16.3. The Hall–Kier alpha value is -0.300. The zero-order chi connectivity index (χ0) is 10.8. The molecular weight excluding hydrogens is 172 g/mol. The summed E-state index contributed by atoms with van der Waals surface area (Å²) < 4.78 is 0. The van der Waals surface area contributed by atoms with Crippen LogP contribution in [-0.2, 0) is 0 Å². The Morgan fingerprint density at radius 2 is 1.79 bits per heavy atom. The Morgan fingerprint density at radius 1 is 1.29 bits per heavy atom. The summed E-state index contributed by atoms with van der Waals surface area (Å²) in [7, 11) is 0. The minimum Gasteiger partial charge on any atom is -0.392 e. The fourth-order valence-electron chi connectivity index (χ4n) is 2.37. The van der Waals surface area contributed by atoms with Gasteiger partial charge in [0.25, 0.3) is 0 Å². The molecule has 1 nitrogen and oxygen atoms in total. The second-order valence-corrected chi connectivity index (χ2v) is 5.68. The first kappa shape index (κ1) is 11.8. The maximum Gasteiger partial charge on any atom is 0.0641 e. The highest BCUT2D eigenvalue weighted by Crippen LogP contribution is 2.40. The van der Waals surface area contributed by atoms with Gasteiger partial charge in [-0.2, -0.15) is 0 Å². The smallest absolute Gasteiger partial charge is 0.0641 e. The number of hydrogen-bond donors (Lipinski definition) is 1. The average Bonchev–Trinajstić information content (AvgIpc) is 2.15. The van der Waals surface area contributed by atoms with Crippen molar-refractivity contribution in [1.82, 2.24) is 0 Å². The lowest BCUT2D eigenvalue weighted by molar-refractivity contribution is 0.196. The quantitative estimate of drug-likeness (QED) is 0.636. The third-order valence-electron chi connectivity index (χ3n) is 3.65. The molecule has 0 atom stereocenters. The number of aliphatic hydroxyl groups is 1. The molecule has 1 aliphatic rings. The van der Waals surface area contributed by atoms with Crippen molar-refractivity contribution in [3.63, 3.8) is 0 Å². The largest absolute Gasteiger partial charge is 0.392 e. The summed E-state index contributed by atoms with van der Waals surface area (Å²) in [6.45, 7) is 9.32. The minimum absolute atomic E-state index is 0.246. The van der Waals surface area contributed by atoms with E-state index >= 15 is 0 Å². The van der Waals surface area contributed by atoms with Crippen molar-refractivity contribution in [2.75, 3.05) is 6.61 Å². The van der Waals surface area contributed by atoms with Gasteiger partial charge in [-0.05, 0) is 49.5 Å². The molecule has 0 bridgehead atoms. The monoisotopic (exact) mass is 196 g/mol. The Labute approximate surface area is 88.2 Å². The molecule has 14 heavy (non-hydrogen) atoms. The van der Waals surface area contributed by atoms with E-state index in [-0.39, 0.29) is 6.61 Å². The van der Waals surface area contributed by atoms with Crippen molar-refractivity contribution in [2.24, 2.45) is 11.3 Å². The van der Waals surface area contributed by atoms with Crippen molar-refractivity contribution >= 4 is 0 Å². The fourth-order valence-corrected chi connectivity index (χ4v) is 2.37. The van der Waals surface area contributed by atoms with Crippen LogP contribution >= 0.6 is 0 Å². The van der Waals surface area contributed by atoms with Crippen LogP contribution in [0.1, 0.15) is 53.4 Å². The molecule has 1 heteroatoms. The SMILES string of the molecule is CC(CO)=C1CCC(C(C)(C)C)CC1. The maximum atomic E-state index is 9.05. The molecule has 0 radical (unpaired) electrons. The molecule has 1 aliphatic carbocycles. The first-order valence-electron chi connectivity index (χ1n) is 5.73. The van der Waals surface area contributed by atoms with Gasteiger partial charge in [-0.25, -0.2) is 0 Å². The van der Waals surface area contributed by atoms with Gasteiger partial charge in [0.15, 0.2) is 0 Å². The molecular formula is C13H24O. The Kier molecular flexibility index (Phi) is 3.77. The van der Waals surface area contributed by atoms with Crippen molar-refractivity contribution in [2.45, 2.75) is 53.4 Å². The number of aliphatic hydroxyl groups excluding tert-OH is 1. The molecule has 1 saturated carbocycles. The molecule has 0 spiro atoms. The van der Waals surface area contributed by atoms with E-state index in [1.165, 1.54) is 36.8 Å². The van der Waals surface area contributed by atoms with Crippen molar-refractivity contribution < 1.29 is 5.11 Å². The van der Waals surface area contributed by atoms with Crippen LogP contribution in [0.4, 0.5) is 0 Å². The Bertz CT molecular complexity index is 210. The molecule has 0 aromatic heterocycles. The van der Waals surface area contributed by atoms with Crippen molar-refractivity contribution in [3.05, 3.63) is 11.1 Å². The average molecular weight is 196 g/mol. The molecule has 0 aromatic carbocycles. The first-order chi connectivity index (χ1) is 6.45. The summed E-state index contributed by atoms with van der Waals surface area (Å²) in [5.74, 6) is 0.859. The molecule has 0 amide bonds. The molecule has 82 valence electrons. The topological polar surface area (TPSA) is 20.2 Å². The van der Waals surface area contributed by atoms with E-state index in [9.17, 15) is 0 Å². The van der Waals surface area contributed by atoms with Crippen LogP contribution in [0.15, 0.2) is 11.1 Å². The Balaban J connectivity index is 2.55. The lowest BCUT2D eigenvalue weighted by Gasteiger charge is -2.35. The molecule has 0 unspecified atom stereocenters. The highest BCUT2D eigenvalue weighted by molar-refractivity contribution is 5.14. The summed E-state index contributed by atoms with van der Waals surface area (Å²) >= 11 is 0. The third-order valence-corrected chi connectivity index (χ3v) is 3.65. The van der Waals surface area contributed by atoms with Crippen LogP contribution < -0.4 is 0 Å². The van der Waals surface area contributed by atoms with E-state index < -0.39 is 0 Å². The molecule has 1 N–H and O–H groups in total. The van der Waals surface area contributed by atoms with Crippen LogP contribution in [-0.4, -0.2) is 11.7 Å². The van der Waals surface area contributed by atoms with Gasteiger partial charge in [-0.15, -0.1) is 0 Å². The van der Waals surface area contributed by atoms with Crippen LogP contribution in [0, 0.1) is 11.3 Å². The Morgan fingerprint density at radius 3 is 2.14 bits per heavy atom. The maximum absolute atomic E-state index is 9.05. The first-order valence-corrected chi connectivity index (χ1v) is 5.73. The minimum atomic E-state index is 0.246. The zero-order valence-corrected chi connectivity index (χ0v) is 10.1. The van der Waals surface area contributed by atoms with Crippen LogP contribution in [0.25, 0.3) is 0 Å². The summed E-state index contributed by atoms with van der Waals surface area (Å²) in [6, 6.07) is 0. The molecule has 0 heterocycles. The second kappa shape index (κ2) is 4.48. The van der Waals surface area contributed by atoms with Gasteiger partial charge in [0.2, 0.25) is 0 Å². The normalized spacial score (nSPS) is 23.8. The molecule has 0 saturated heterocycles. The molecule has 0 aromatic rings. The van der Waals surface area contributed by atoms with E-state index in [2.05, 4.69) is 27.7 Å². The van der Waals surface area contributed by atoms with E-state index in [4.69, 9.17) is 5.11 Å². The van der Waals surface area contributed by atoms with Crippen molar-refractivity contribution in [3.8, 4) is 0 Å². The fraction of sp³-hybridized carbons (Fsp3) is 0.846. The predicted molar refractivity (Wildman–Crippen MR) is 61.2 cm³/mol. The third kappa shape index (κ3) is 2.84. The molecule has 1 fully saturated rings. The van der Waals surface area contributed by atoms with Gasteiger partial charge in [0, 0.05) is 0 Å². The van der Waals surface area contributed by atoms with Crippen LogP contribution in [0.3, 0.4) is 0 Å². The van der Waals surface area contributed by atoms with Gasteiger partial charge >= 0.3 is 0 Å². The van der Waals surface area contributed by atoms with E-state index in [0.717, 1.165) is 5.92 Å². The van der Waals surface area contributed by atoms with Gasteiger partial charge in [0.05, 0.1) is 6.61 Å². The molecule has 0 aliphatic heterocycles. The van der Waals surface area contributed by atoms with Gasteiger partial charge in [0.1, 0.15) is 0 Å². The number of rotatable bonds is 1. The summed E-state index contributed by atoms with van der Waals surface area (Å²) in [5, 5.41) is 9.05. The lowest BCUT2D eigenvalue weighted by atomic mass is 9.71. The zero-order valence-electron chi connectivity index (χ0n) is 10.1. The predicted octanol–water partition coefficient (Wildman–Crippen LogP) is 3.53. The van der Waals surface area contributed by atoms with E-state index in [1.54, 1.807) is 0 Å². The van der Waals surface area contributed by atoms with E-state index in [0.29, 0.717) is 5.41 Å². The summed E-state index contributed by atoms with van der Waals surface area (Å²) in [6.07, 6.45) is 5.01. The molecule has 1 rings (SSSR count). The van der Waals surface area contributed by atoms with Gasteiger partial charge in [-0.3, -0.25) is 0 Å². The van der Waals surface area contributed by atoms with Gasteiger partial charge in [-0.1, -0.05) is 26.3 Å². The van der Waals surface area contributed by atoms with Gasteiger partial charge < -0.3 is 5.11 Å². The highest BCUT2D eigenvalue weighted by Gasteiger charge is 2.27. The van der Waals surface area contributed by atoms with Crippen LogP contribution in [0.5, 0.6) is 0 Å². The van der Waals surface area contributed by atoms with E-state index in [1.807, 2.05) is 0 Å². The van der Waals surface area contributed by atoms with Crippen LogP contribution in [0.2, 0.25) is 0 Å². The number of allylic oxidation sites excluding steroid dienone is 1. The second-order valence-electron chi connectivity index (χ2n) is 5.68.